The Bertz CT molecular complexity index is 1100. The molecule has 0 saturated carbocycles. The van der Waals surface area contributed by atoms with E-state index in [2.05, 4.69) is 35.9 Å². The number of rotatable bonds is 4. The molecule has 2 aromatic heterocycles. The molecule has 2 aliphatic heterocycles. The van der Waals surface area contributed by atoms with Gasteiger partial charge in [0.1, 0.15) is 5.82 Å². The highest BCUT2D eigenvalue weighted by atomic mass is 32.1. The molecule has 0 N–H and O–H groups in total. The van der Waals surface area contributed by atoms with Crippen molar-refractivity contribution in [2.45, 2.75) is 39.3 Å². The van der Waals surface area contributed by atoms with Gasteiger partial charge in [-0.25, -0.2) is 15.0 Å². The third-order valence-electron chi connectivity index (χ3n) is 6.11. The van der Waals surface area contributed by atoms with E-state index in [1.54, 1.807) is 6.20 Å². The Balaban J connectivity index is 1.55. The number of ether oxygens (including phenoxy) is 1. The Kier molecular flexibility index (Phi) is 5.89. The first-order valence-electron chi connectivity index (χ1n) is 11.1. The van der Waals surface area contributed by atoms with Gasteiger partial charge in [0.2, 0.25) is 0 Å². The first kappa shape index (κ1) is 21.0. The van der Waals surface area contributed by atoms with Gasteiger partial charge in [0.25, 0.3) is 5.91 Å². The van der Waals surface area contributed by atoms with Gasteiger partial charge in [-0.15, -0.1) is 11.3 Å². The lowest BCUT2D eigenvalue weighted by Crippen LogP contribution is -2.46. The predicted octanol–water partition coefficient (Wildman–Crippen LogP) is 3.39. The molecule has 32 heavy (non-hydrogen) atoms. The number of fused-ring (bicyclic) bond motifs is 1. The monoisotopic (exact) mass is 448 g/mol. The number of amides is 1. The molecular weight excluding hydrogens is 422 g/mol. The third kappa shape index (κ3) is 4.00. The number of benzene rings is 1. The van der Waals surface area contributed by atoms with Crippen molar-refractivity contribution in [3.05, 3.63) is 57.7 Å². The number of anilines is 1. The van der Waals surface area contributed by atoms with Crippen molar-refractivity contribution in [2.24, 2.45) is 0 Å². The maximum Gasteiger partial charge on any atom is 0.283 e. The fourth-order valence-electron chi connectivity index (χ4n) is 4.25. The van der Waals surface area contributed by atoms with Gasteiger partial charge in [-0.3, -0.25) is 4.79 Å². The summed E-state index contributed by atoms with van der Waals surface area (Å²) < 4.78 is 5.66. The lowest BCUT2D eigenvalue weighted by Gasteiger charge is -2.38. The van der Waals surface area contributed by atoms with Crippen molar-refractivity contribution in [3.63, 3.8) is 0 Å². The minimum atomic E-state index is -0.0285. The van der Waals surface area contributed by atoms with Crippen LogP contribution in [0.5, 0.6) is 0 Å². The van der Waals surface area contributed by atoms with E-state index in [1.165, 1.54) is 16.9 Å². The standard InChI is InChI=1S/C24H26N5O2S/c1-3-17-4-6-18(7-5-17)21-26-20-8-10-28(24(30)23-25-9-13-32-23)14-19(20)22(27-21)29-11-12-31-15-16(29)2/h4-6,9,13,16H,3,8,10-12,14-15H2,1-2H3. The SMILES string of the molecule is CCc1c[c]c(-c2nc3c(c(N4CCOCC4C)n2)CN(C(=O)c2nccs2)CC3)cc1. The molecule has 0 bridgehead atoms. The van der Waals surface area contributed by atoms with Crippen LogP contribution in [-0.2, 0) is 24.1 Å². The summed E-state index contributed by atoms with van der Waals surface area (Å²) in [6, 6.07) is 9.74. The highest BCUT2D eigenvalue weighted by molar-refractivity contribution is 7.11. The number of morpholine rings is 1. The van der Waals surface area contributed by atoms with Crippen LogP contribution in [0.4, 0.5) is 5.82 Å². The molecule has 1 radical (unpaired) electrons. The van der Waals surface area contributed by atoms with Crippen LogP contribution in [-0.4, -0.2) is 58.1 Å². The smallest absolute Gasteiger partial charge is 0.283 e. The Morgan fingerprint density at radius 2 is 2.22 bits per heavy atom. The number of nitrogens with zero attached hydrogens (tertiary/aromatic N) is 5. The quantitative estimate of drug-likeness (QED) is 0.609. The molecule has 1 atom stereocenters. The van der Waals surface area contributed by atoms with E-state index in [9.17, 15) is 4.79 Å². The van der Waals surface area contributed by atoms with Gasteiger partial charge in [-0.05, 0) is 25.0 Å². The molecule has 8 heteroatoms. The van der Waals surface area contributed by atoms with E-state index in [-0.39, 0.29) is 11.9 Å². The highest BCUT2D eigenvalue weighted by Crippen LogP contribution is 2.32. The van der Waals surface area contributed by atoms with Gasteiger partial charge < -0.3 is 14.5 Å². The molecule has 1 amide bonds. The first-order valence-corrected chi connectivity index (χ1v) is 12.0. The normalized spacial score (nSPS) is 18.5. The van der Waals surface area contributed by atoms with E-state index in [4.69, 9.17) is 14.7 Å². The molecule has 3 aromatic rings. The van der Waals surface area contributed by atoms with Crippen molar-refractivity contribution >= 4 is 23.1 Å². The van der Waals surface area contributed by atoms with Gasteiger partial charge >= 0.3 is 0 Å². The second-order valence-electron chi connectivity index (χ2n) is 8.19. The zero-order chi connectivity index (χ0) is 22.1. The predicted molar refractivity (Wildman–Crippen MR) is 124 cm³/mol. The topological polar surface area (TPSA) is 71.5 Å². The van der Waals surface area contributed by atoms with Crippen molar-refractivity contribution < 1.29 is 9.53 Å². The summed E-state index contributed by atoms with van der Waals surface area (Å²) in [6.45, 7) is 7.49. The van der Waals surface area contributed by atoms with Gasteiger partial charge in [0.15, 0.2) is 10.8 Å². The van der Waals surface area contributed by atoms with E-state index in [0.717, 1.165) is 35.6 Å². The van der Waals surface area contributed by atoms with Gasteiger partial charge in [0.05, 0.1) is 31.5 Å². The zero-order valence-electron chi connectivity index (χ0n) is 18.4. The molecule has 1 saturated heterocycles. The second kappa shape index (κ2) is 8.96. The van der Waals surface area contributed by atoms with E-state index in [1.807, 2.05) is 22.4 Å². The molecule has 5 rings (SSSR count). The number of hydrogen-bond donors (Lipinski definition) is 0. The summed E-state index contributed by atoms with van der Waals surface area (Å²) in [5.74, 6) is 1.57. The van der Waals surface area contributed by atoms with Crippen molar-refractivity contribution in [1.82, 2.24) is 19.9 Å². The van der Waals surface area contributed by atoms with E-state index in [0.29, 0.717) is 43.6 Å². The number of aryl methyl sites for hydroxylation is 1. The van der Waals surface area contributed by atoms with Crippen molar-refractivity contribution in [2.75, 3.05) is 31.2 Å². The fourth-order valence-corrected chi connectivity index (χ4v) is 4.85. The second-order valence-corrected chi connectivity index (χ2v) is 9.09. The van der Waals surface area contributed by atoms with Crippen LogP contribution in [0.1, 0.15) is 40.5 Å². The zero-order valence-corrected chi connectivity index (χ0v) is 19.2. The lowest BCUT2D eigenvalue weighted by atomic mass is 10.0. The molecule has 7 nitrogen and oxygen atoms in total. The lowest BCUT2D eigenvalue weighted by molar-refractivity contribution is 0.0731. The average molecular weight is 449 g/mol. The Labute approximate surface area is 192 Å². The molecule has 1 aromatic carbocycles. The maximum absolute atomic E-state index is 13.0. The molecule has 1 unspecified atom stereocenters. The fraction of sp³-hybridized carbons (Fsp3) is 0.417. The minimum absolute atomic E-state index is 0.0285. The summed E-state index contributed by atoms with van der Waals surface area (Å²) in [4.78, 5) is 31.3. The Hall–Kier alpha value is -2.84. The maximum atomic E-state index is 13.0. The highest BCUT2D eigenvalue weighted by Gasteiger charge is 2.31. The Morgan fingerprint density at radius 1 is 1.31 bits per heavy atom. The first-order chi connectivity index (χ1) is 15.6. The molecule has 4 heterocycles. The number of thiazole rings is 1. The molecule has 2 aliphatic rings. The van der Waals surface area contributed by atoms with Crippen LogP contribution in [0.25, 0.3) is 11.4 Å². The van der Waals surface area contributed by atoms with Crippen LogP contribution in [0, 0.1) is 6.07 Å². The van der Waals surface area contributed by atoms with E-state index >= 15 is 0 Å². The molecular formula is C24H26N5O2S. The van der Waals surface area contributed by atoms with E-state index < -0.39 is 0 Å². The third-order valence-corrected chi connectivity index (χ3v) is 6.87. The van der Waals surface area contributed by atoms with Crippen LogP contribution in [0.15, 0.2) is 29.8 Å². The summed E-state index contributed by atoms with van der Waals surface area (Å²) in [6.07, 6.45) is 3.34. The van der Waals surface area contributed by atoms with Crippen molar-refractivity contribution in [3.8, 4) is 11.4 Å². The van der Waals surface area contributed by atoms with Crippen LogP contribution in [0.3, 0.4) is 0 Å². The average Bonchev–Trinajstić information content (AvgIpc) is 3.38. The largest absolute Gasteiger partial charge is 0.377 e. The van der Waals surface area contributed by atoms with Gasteiger partial charge in [0, 0.05) is 42.2 Å². The van der Waals surface area contributed by atoms with Gasteiger partial charge in [-0.2, -0.15) is 0 Å². The summed E-state index contributed by atoms with van der Waals surface area (Å²) >= 11 is 1.38. The van der Waals surface area contributed by atoms with Crippen LogP contribution in [0.2, 0.25) is 0 Å². The molecule has 1 fully saturated rings. The van der Waals surface area contributed by atoms with Crippen LogP contribution >= 0.6 is 11.3 Å². The number of aromatic nitrogens is 3. The molecule has 165 valence electrons. The molecule has 0 spiro atoms. The number of hydrogen-bond acceptors (Lipinski definition) is 7. The summed E-state index contributed by atoms with van der Waals surface area (Å²) in [5.41, 5.74) is 4.18. The Morgan fingerprint density at radius 3 is 2.94 bits per heavy atom. The van der Waals surface area contributed by atoms with Crippen molar-refractivity contribution in [1.29, 1.82) is 0 Å². The number of carbonyl (C=O) groups is 1. The molecule has 0 aliphatic carbocycles. The summed E-state index contributed by atoms with van der Waals surface area (Å²) in [7, 11) is 0. The summed E-state index contributed by atoms with van der Waals surface area (Å²) in [5, 5.41) is 2.36. The number of carbonyl (C=O) groups excluding carboxylic acids is 1. The minimum Gasteiger partial charge on any atom is -0.377 e. The van der Waals surface area contributed by atoms with Gasteiger partial charge in [-0.1, -0.05) is 25.1 Å². The van der Waals surface area contributed by atoms with Crippen LogP contribution < -0.4 is 4.90 Å².